The monoisotopic (exact) mass is 385 g/mol. The number of carbonyl (C=O) groups excluding carboxylic acids is 1. The summed E-state index contributed by atoms with van der Waals surface area (Å²) in [5, 5.41) is 9.79. The normalized spacial score (nSPS) is 15.7. The van der Waals surface area contributed by atoms with Crippen LogP contribution >= 0.6 is 24.0 Å². The Morgan fingerprint density at radius 2 is 2.00 bits per heavy atom. The molecular weight excluding hydrogens is 366 g/mol. The van der Waals surface area contributed by atoms with Crippen molar-refractivity contribution in [1.82, 2.24) is 4.90 Å². The second-order valence-corrected chi connectivity index (χ2v) is 7.40. The molecule has 0 atom stereocenters. The van der Waals surface area contributed by atoms with Crippen molar-refractivity contribution in [3.8, 4) is 11.5 Å². The zero-order valence-corrected chi connectivity index (χ0v) is 16.0. The van der Waals surface area contributed by atoms with Crippen molar-refractivity contribution in [2.24, 2.45) is 0 Å². The van der Waals surface area contributed by atoms with E-state index in [4.69, 9.17) is 17.0 Å². The number of phenolic OH excluding ortho intramolecular Hbond substituents is 1. The third-order valence-corrected chi connectivity index (χ3v) is 5.30. The minimum absolute atomic E-state index is 0.0815. The molecule has 1 heterocycles. The fourth-order valence-corrected chi connectivity index (χ4v) is 3.93. The highest BCUT2D eigenvalue weighted by atomic mass is 32.2. The van der Waals surface area contributed by atoms with Gasteiger partial charge in [-0.05, 0) is 42.7 Å². The molecule has 1 aliphatic heterocycles. The van der Waals surface area contributed by atoms with E-state index in [1.807, 2.05) is 37.3 Å². The molecule has 1 amide bonds. The van der Waals surface area contributed by atoms with E-state index in [2.05, 4.69) is 0 Å². The molecule has 0 radical (unpaired) electrons. The molecular formula is C20H19NO3S2. The highest BCUT2D eigenvalue weighted by Crippen LogP contribution is 2.34. The van der Waals surface area contributed by atoms with E-state index in [1.54, 1.807) is 29.2 Å². The number of thioether (sulfide) groups is 1. The number of ether oxygens (including phenoxy) is 1. The minimum Gasteiger partial charge on any atom is -0.504 e. The van der Waals surface area contributed by atoms with Gasteiger partial charge in [-0.3, -0.25) is 9.69 Å². The Bertz CT molecular complexity index is 849. The Labute approximate surface area is 162 Å². The quantitative estimate of drug-likeness (QED) is 0.596. The lowest BCUT2D eigenvalue weighted by molar-refractivity contribution is -0.122. The summed E-state index contributed by atoms with van der Waals surface area (Å²) >= 11 is 6.68. The highest BCUT2D eigenvalue weighted by molar-refractivity contribution is 8.26. The molecule has 2 aromatic carbocycles. The average Bonchev–Trinajstić information content (AvgIpc) is 2.90. The predicted octanol–water partition coefficient (Wildman–Crippen LogP) is 4.23. The second-order valence-electron chi connectivity index (χ2n) is 5.73. The third kappa shape index (κ3) is 4.26. The number of hydrogen-bond acceptors (Lipinski definition) is 5. The van der Waals surface area contributed by atoms with Crippen molar-refractivity contribution in [1.29, 1.82) is 0 Å². The predicted molar refractivity (Wildman–Crippen MR) is 109 cm³/mol. The molecule has 26 heavy (non-hydrogen) atoms. The number of rotatable bonds is 6. The molecule has 0 aromatic heterocycles. The van der Waals surface area contributed by atoms with Crippen LogP contribution in [-0.4, -0.2) is 33.4 Å². The van der Waals surface area contributed by atoms with Gasteiger partial charge < -0.3 is 9.84 Å². The maximum atomic E-state index is 12.7. The SMILES string of the molecule is CCOc1cc(C=C2SC(=S)N(CCc3ccccc3)C2=O)ccc1O. The van der Waals surface area contributed by atoms with Crippen LogP contribution in [0.5, 0.6) is 11.5 Å². The van der Waals surface area contributed by atoms with Gasteiger partial charge in [-0.15, -0.1) is 0 Å². The Morgan fingerprint density at radius 3 is 2.73 bits per heavy atom. The molecule has 134 valence electrons. The van der Waals surface area contributed by atoms with E-state index in [9.17, 15) is 9.90 Å². The van der Waals surface area contributed by atoms with Crippen molar-refractivity contribution in [3.05, 3.63) is 64.6 Å². The number of hydrogen-bond donors (Lipinski definition) is 1. The van der Waals surface area contributed by atoms with Gasteiger partial charge in [0.05, 0.1) is 11.5 Å². The lowest BCUT2D eigenvalue weighted by atomic mass is 10.1. The van der Waals surface area contributed by atoms with Crippen molar-refractivity contribution in [2.75, 3.05) is 13.2 Å². The van der Waals surface area contributed by atoms with Crippen LogP contribution in [0.4, 0.5) is 0 Å². The van der Waals surface area contributed by atoms with Gasteiger partial charge >= 0.3 is 0 Å². The van der Waals surface area contributed by atoms with Crippen molar-refractivity contribution >= 4 is 40.3 Å². The van der Waals surface area contributed by atoms with E-state index in [-0.39, 0.29) is 11.7 Å². The lowest BCUT2D eigenvalue weighted by Gasteiger charge is -2.14. The first-order valence-corrected chi connectivity index (χ1v) is 9.56. The van der Waals surface area contributed by atoms with Gasteiger partial charge in [0, 0.05) is 6.54 Å². The average molecular weight is 386 g/mol. The van der Waals surface area contributed by atoms with E-state index in [0.29, 0.717) is 28.1 Å². The van der Waals surface area contributed by atoms with Crippen LogP contribution in [0.1, 0.15) is 18.1 Å². The molecule has 1 N–H and O–H groups in total. The summed E-state index contributed by atoms with van der Waals surface area (Å²) in [5.74, 6) is 0.405. The Morgan fingerprint density at radius 1 is 1.23 bits per heavy atom. The number of nitrogens with zero attached hydrogens (tertiary/aromatic N) is 1. The topological polar surface area (TPSA) is 49.8 Å². The molecule has 2 aromatic rings. The first kappa shape index (κ1) is 18.5. The highest BCUT2D eigenvalue weighted by Gasteiger charge is 2.31. The van der Waals surface area contributed by atoms with Crippen LogP contribution in [0.3, 0.4) is 0 Å². The third-order valence-electron chi connectivity index (χ3n) is 3.92. The number of phenols is 1. The second kappa shape index (κ2) is 8.38. The molecule has 1 aliphatic rings. The Balaban J connectivity index is 1.73. The van der Waals surface area contributed by atoms with Crippen LogP contribution in [0.2, 0.25) is 0 Å². The van der Waals surface area contributed by atoms with Gasteiger partial charge in [0.25, 0.3) is 5.91 Å². The maximum Gasteiger partial charge on any atom is 0.266 e. The minimum atomic E-state index is -0.0815. The van der Waals surface area contributed by atoms with E-state index >= 15 is 0 Å². The van der Waals surface area contributed by atoms with Crippen molar-refractivity contribution < 1.29 is 14.6 Å². The van der Waals surface area contributed by atoms with Gasteiger partial charge in [-0.1, -0.05) is 60.4 Å². The van der Waals surface area contributed by atoms with Gasteiger partial charge in [-0.25, -0.2) is 0 Å². The number of carbonyl (C=O) groups is 1. The smallest absolute Gasteiger partial charge is 0.266 e. The summed E-state index contributed by atoms with van der Waals surface area (Å²) in [6, 6.07) is 15.1. The van der Waals surface area contributed by atoms with Crippen LogP contribution in [-0.2, 0) is 11.2 Å². The molecule has 0 spiro atoms. The number of thiocarbonyl (C=S) groups is 1. The Hall–Kier alpha value is -2.31. The van der Waals surface area contributed by atoms with Crippen molar-refractivity contribution in [3.63, 3.8) is 0 Å². The van der Waals surface area contributed by atoms with E-state index < -0.39 is 0 Å². The van der Waals surface area contributed by atoms with Crippen LogP contribution < -0.4 is 4.74 Å². The molecule has 1 fully saturated rings. The van der Waals surface area contributed by atoms with Crippen molar-refractivity contribution in [2.45, 2.75) is 13.3 Å². The first-order chi connectivity index (χ1) is 12.6. The Kier molecular flexibility index (Phi) is 5.96. The molecule has 0 aliphatic carbocycles. The summed E-state index contributed by atoms with van der Waals surface area (Å²) in [5.41, 5.74) is 1.96. The first-order valence-electron chi connectivity index (χ1n) is 8.33. The lowest BCUT2D eigenvalue weighted by Crippen LogP contribution is -2.30. The fraction of sp³-hybridized carbons (Fsp3) is 0.200. The largest absolute Gasteiger partial charge is 0.504 e. The molecule has 6 heteroatoms. The number of aromatic hydroxyl groups is 1. The van der Waals surface area contributed by atoms with Gasteiger partial charge in [-0.2, -0.15) is 0 Å². The maximum absolute atomic E-state index is 12.7. The molecule has 3 rings (SSSR count). The summed E-state index contributed by atoms with van der Waals surface area (Å²) in [4.78, 5) is 14.9. The number of amides is 1. The van der Waals surface area contributed by atoms with Crippen LogP contribution in [0.25, 0.3) is 6.08 Å². The summed E-state index contributed by atoms with van der Waals surface area (Å²) in [6.07, 6.45) is 2.54. The molecule has 0 saturated carbocycles. The van der Waals surface area contributed by atoms with Gasteiger partial charge in [0.2, 0.25) is 0 Å². The van der Waals surface area contributed by atoms with Gasteiger partial charge in [0.1, 0.15) is 4.32 Å². The molecule has 1 saturated heterocycles. The standard InChI is InChI=1S/C20H19NO3S2/c1-2-24-17-12-15(8-9-16(17)22)13-18-19(23)21(20(25)26-18)11-10-14-6-4-3-5-7-14/h3-9,12-13,22H,2,10-11H2,1H3. The number of benzene rings is 2. The molecule has 4 nitrogen and oxygen atoms in total. The van der Waals surface area contributed by atoms with E-state index in [0.717, 1.165) is 12.0 Å². The fourth-order valence-electron chi connectivity index (χ4n) is 2.62. The summed E-state index contributed by atoms with van der Waals surface area (Å²) in [7, 11) is 0. The van der Waals surface area contributed by atoms with Crippen LogP contribution in [0, 0.1) is 0 Å². The van der Waals surface area contributed by atoms with Gasteiger partial charge in [0.15, 0.2) is 11.5 Å². The zero-order chi connectivity index (χ0) is 18.5. The summed E-state index contributed by atoms with van der Waals surface area (Å²) < 4.78 is 5.96. The summed E-state index contributed by atoms with van der Waals surface area (Å²) in [6.45, 7) is 2.87. The van der Waals surface area contributed by atoms with E-state index in [1.165, 1.54) is 17.3 Å². The zero-order valence-electron chi connectivity index (χ0n) is 14.3. The molecule has 0 bridgehead atoms. The van der Waals surface area contributed by atoms with Crippen LogP contribution in [0.15, 0.2) is 53.4 Å². The molecule has 0 unspecified atom stereocenters.